The molecule has 4 atom stereocenters. The highest BCUT2D eigenvalue weighted by atomic mass is 16.4. The molecule has 0 radical (unpaired) electrons. The molecule has 0 aliphatic carbocycles. The molecule has 3 aromatic rings. The van der Waals surface area contributed by atoms with Gasteiger partial charge in [-0.25, -0.2) is 0 Å². The van der Waals surface area contributed by atoms with Gasteiger partial charge in [0, 0.05) is 41.3 Å². The number of phenolic OH excluding ortho intramolecular Hbond substituents is 1. The number of carbonyl (C=O) groups is 2. The number of hydrogen-bond donors (Lipinski definition) is 12. The zero-order valence-electron chi connectivity index (χ0n) is 21.1. The van der Waals surface area contributed by atoms with Gasteiger partial charge in [0.05, 0.1) is 19.2 Å². The van der Waals surface area contributed by atoms with Crippen LogP contribution in [-0.4, -0.2) is 91.8 Å². The van der Waals surface area contributed by atoms with Gasteiger partial charge in [-0.1, -0.05) is 12.1 Å². The van der Waals surface area contributed by atoms with Gasteiger partial charge < -0.3 is 51.6 Å². The number of β-amino-alcohol motifs (C(OH)–C–C–N with tert-alkyl or cyclic N) is 1. The molecule has 1 aromatic heterocycles. The molecule has 40 heavy (non-hydrogen) atoms. The van der Waals surface area contributed by atoms with E-state index in [1.807, 2.05) is 0 Å². The second-order valence-corrected chi connectivity index (χ2v) is 9.14. The zero-order valence-corrected chi connectivity index (χ0v) is 21.1. The number of aliphatic hydroxyl groups is 3. The van der Waals surface area contributed by atoms with Crippen molar-refractivity contribution >= 4 is 34.4 Å². The van der Waals surface area contributed by atoms with E-state index in [2.05, 4.69) is 36.6 Å². The van der Waals surface area contributed by atoms with E-state index in [1.165, 1.54) is 18.2 Å². The minimum atomic E-state index is -1.57. The van der Waals surface area contributed by atoms with Gasteiger partial charge in [-0.05, 0) is 24.3 Å². The maximum Gasteiger partial charge on any atom is 0.322 e. The van der Waals surface area contributed by atoms with Crippen LogP contribution in [0.25, 0.3) is 10.9 Å². The van der Waals surface area contributed by atoms with Crippen molar-refractivity contribution < 1.29 is 40.2 Å². The molecule has 0 bridgehead atoms. The molecule has 1 aliphatic heterocycles. The van der Waals surface area contributed by atoms with Crippen molar-refractivity contribution in [1.29, 1.82) is 0 Å². The van der Waals surface area contributed by atoms with Crippen LogP contribution < -0.4 is 26.6 Å². The normalized spacial score (nSPS) is 17.4. The maximum atomic E-state index is 12.3. The summed E-state index contributed by atoms with van der Waals surface area (Å²) in [5.41, 5.74) is 1.16. The highest BCUT2D eigenvalue weighted by molar-refractivity contribution is 5.94. The van der Waals surface area contributed by atoms with E-state index in [0.29, 0.717) is 29.1 Å². The molecular formula is C25H31N7O8. The highest BCUT2D eigenvalue weighted by Gasteiger charge is 2.25. The fraction of sp³-hybridized carbons (Fsp3) is 0.320. The second kappa shape index (κ2) is 12.6. The van der Waals surface area contributed by atoms with Crippen molar-refractivity contribution in [3.05, 3.63) is 53.7 Å². The van der Waals surface area contributed by atoms with Crippen LogP contribution in [0.15, 0.2) is 47.5 Å². The third-order valence-corrected chi connectivity index (χ3v) is 6.08. The van der Waals surface area contributed by atoms with Gasteiger partial charge in [0.25, 0.3) is 0 Å². The summed E-state index contributed by atoms with van der Waals surface area (Å²) >= 11 is 0. The van der Waals surface area contributed by atoms with Gasteiger partial charge in [-0.3, -0.25) is 25.2 Å². The number of hydrogen-bond acceptors (Lipinski definition) is 12. The Morgan fingerprint density at radius 3 is 2.58 bits per heavy atom. The number of aromatic amines is 1. The minimum absolute atomic E-state index is 0.0209. The largest absolute Gasteiger partial charge is 0.508 e. The molecule has 0 fully saturated rings. The van der Waals surface area contributed by atoms with E-state index in [1.54, 1.807) is 24.3 Å². The molecule has 0 saturated heterocycles. The predicted molar refractivity (Wildman–Crippen MR) is 143 cm³/mol. The number of amides is 1. The van der Waals surface area contributed by atoms with E-state index in [9.17, 15) is 40.2 Å². The Morgan fingerprint density at radius 1 is 1.10 bits per heavy atom. The highest BCUT2D eigenvalue weighted by Crippen LogP contribution is 2.31. The summed E-state index contributed by atoms with van der Waals surface area (Å²) in [5, 5.41) is 74.1. The fourth-order valence-corrected chi connectivity index (χ4v) is 4.04. The number of benzene rings is 2. The first-order valence-electron chi connectivity index (χ1n) is 12.3. The summed E-state index contributed by atoms with van der Waals surface area (Å²) in [6.07, 6.45) is -3.53. The summed E-state index contributed by atoms with van der Waals surface area (Å²) in [7, 11) is 0. The van der Waals surface area contributed by atoms with Gasteiger partial charge in [-0.2, -0.15) is 0 Å². The van der Waals surface area contributed by atoms with Crippen LogP contribution in [-0.2, 0) is 9.59 Å². The Balaban J connectivity index is 1.29. The first-order valence-corrected chi connectivity index (χ1v) is 12.3. The number of aromatic hydroxyl groups is 2. The van der Waals surface area contributed by atoms with Crippen molar-refractivity contribution in [2.24, 2.45) is 4.99 Å². The number of aliphatic carboxylic acids is 1. The van der Waals surface area contributed by atoms with Crippen LogP contribution in [0.5, 0.6) is 11.5 Å². The minimum Gasteiger partial charge on any atom is -0.508 e. The molecule has 1 amide bonds. The third-order valence-electron chi connectivity index (χ3n) is 6.08. The molecule has 15 nitrogen and oxygen atoms in total. The number of carboxylic acid groups (broad SMARTS) is 1. The summed E-state index contributed by atoms with van der Waals surface area (Å²) in [6, 6.07) is 9.57. The Kier molecular flexibility index (Phi) is 9.03. The number of phenols is 1. The molecule has 15 heteroatoms. The monoisotopic (exact) mass is 557 g/mol. The number of nitrogens with one attached hydrogen (secondary N) is 6. The summed E-state index contributed by atoms with van der Waals surface area (Å²) in [4.78, 5) is 31.0. The predicted octanol–water partition coefficient (Wildman–Crippen LogP) is -1.26. The van der Waals surface area contributed by atoms with Crippen LogP contribution >= 0.6 is 0 Å². The number of carbonyl (C=O) groups excluding carboxylic acids is 1. The quantitative estimate of drug-likeness (QED) is 0.124. The fourth-order valence-electron chi connectivity index (χ4n) is 4.04. The molecule has 0 spiro atoms. The number of fused-ring (bicyclic) bond motifs is 1. The summed E-state index contributed by atoms with van der Waals surface area (Å²) in [5.74, 6) is -2.00. The number of aliphatic hydroxyl groups excluding tert-OH is 3. The van der Waals surface area contributed by atoms with Crippen molar-refractivity contribution in [3.63, 3.8) is 0 Å². The number of rotatable bonds is 11. The number of aliphatic imine (C=N–C) groups is 1. The van der Waals surface area contributed by atoms with Gasteiger partial charge in [0.1, 0.15) is 35.7 Å². The molecule has 0 saturated carbocycles. The first kappa shape index (κ1) is 28.6. The Hall–Kier alpha value is -4.41. The Bertz CT molecular complexity index is 1390. The van der Waals surface area contributed by atoms with E-state index in [-0.39, 0.29) is 29.3 Å². The molecule has 2 aromatic carbocycles. The summed E-state index contributed by atoms with van der Waals surface area (Å²) in [6.45, 7) is -0.292. The lowest BCUT2D eigenvalue weighted by atomic mass is 10.1. The molecule has 12 N–H and O–H groups in total. The number of H-pyrrole nitrogens is 1. The maximum absolute atomic E-state index is 12.3. The Labute approximate surface area is 227 Å². The second-order valence-electron chi connectivity index (χ2n) is 9.14. The van der Waals surface area contributed by atoms with Crippen molar-refractivity contribution in [3.8, 4) is 11.5 Å². The van der Waals surface area contributed by atoms with E-state index in [0.717, 1.165) is 0 Å². The van der Waals surface area contributed by atoms with Crippen LogP contribution in [0.1, 0.15) is 23.7 Å². The van der Waals surface area contributed by atoms with E-state index >= 15 is 0 Å². The number of aromatic nitrogens is 1. The molecule has 214 valence electrons. The molecule has 1 aliphatic rings. The van der Waals surface area contributed by atoms with Crippen LogP contribution in [0, 0.1) is 0 Å². The molecule has 4 rings (SSSR count). The number of carboxylic acids is 1. The number of para-hydroxylation sites is 1. The average Bonchev–Trinajstić information content (AvgIpc) is 3.27. The number of nitrogens with zero attached hydrogens (tertiary/aromatic N) is 1. The van der Waals surface area contributed by atoms with Gasteiger partial charge >= 0.3 is 5.97 Å². The molecular weight excluding hydrogens is 526 g/mol. The van der Waals surface area contributed by atoms with Crippen LogP contribution in [0.3, 0.4) is 0 Å². The lowest BCUT2D eigenvalue weighted by molar-refractivity contribution is -0.140. The van der Waals surface area contributed by atoms with Gasteiger partial charge in [0.2, 0.25) is 5.91 Å². The SMILES string of the molecule is O=C(CNC(O)c1cc(O)cc(NC2=NCC(O)CN2)c1)NCC(NC(O)c1[nH]c2ccccc2c1O)C(=O)O. The van der Waals surface area contributed by atoms with Crippen molar-refractivity contribution in [2.75, 3.05) is 31.5 Å². The average molecular weight is 558 g/mol. The van der Waals surface area contributed by atoms with Crippen molar-refractivity contribution in [2.45, 2.75) is 24.6 Å². The lowest BCUT2D eigenvalue weighted by Crippen LogP contribution is -2.49. The number of guanidine groups is 1. The lowest BCUT2D eigenvalue weighted by Gasteiger charge is -2.21. The van der Waals surface area contributed by atoms with E-state index in [4.69, 9.17) is 0 Å². The first-order chi connectivity index (χ1) is 19.1. The van der Waals surface area contributed by atoms with Gasteiger partial charge in [0.15, 0.2) is 5.96 Å². The summed E-state index contributed by atoms with van der Waals surface area (Å²) < 4.78 is 0. The smallest absolute Gasteiger partial charge is 0.322 e. The molecule has 4 unspecified atom stereocenters. The van der Waals surface area contributed by atoms with E-state index < -0.39 is 49.6 Å². The van der Waals surface area contributed by atoms with Crippen molar-refractivity contribution in [1.82, 2.24) is 26.3 Å². The van der Waals surface area contributed by atoms with Gasteiger partial charge in [-0.15, -0.1) is 0 Å². The third kappa shape index (κ3) is 7.16. The molecule has 2 heterocycles. The van der Waals surface area contributed by atoms with Crippen LogP contribution in [0.2, 0.25) is 0 Å². The zero-order chi connectivity index (χ0) is 28.8. The standard InChI is InChI=1S/C25H31N7O8/c33-14-6-12(5-13(7-14)30-25-28-8-15(34)9-29-25)22(37)27-11-19(35)26-10-18(24(39)40)32-23(38)20-21(36)16-3-1-2-4-17(16)31-20/h1-7,15,18,22-23,27,31-34,36-38H,8-11H2,(H,26,35)(H,39,40)(H2,28,29,30). The Morgan fingerprint density at radius 2 is 1.88 bits per heavy atom. The topological polar surface area (TPSA) is 244 Å². The number of anilines is 1. The van der Waals surface area contributed by atoms with Crippen LogP contribution in [0.4, 0.5) is 5.69 Å².